The zero-order valence-electron chi connectivity index (χ0n) is 30.1. The number of amides is 3. The Morgan fingerprint density at radius 1 is 0.963 bits per heavy atom. The molecule has 0 bridgehead atoms. The van der Waals surface area contributed by atoms with Gasteiger partial charge in [0.2, 0.25) is 17.7 Å². The molecule has 6 heterocycles. The van der Waals surface area contributed by atoms with Gasteiger partial charge < -0.3 is 15.2 Å². The molecule has 4 N–H and O–H groups in total. The van der Waals surface area contributed by atoms with Crippen LogP contribution in [0.2, 0.25) is 0 Å². The quantitative estimate of drug-likeness (QED) is 0.169. The van der Waals surface area contributed by atoms with Crippen LogP contribution in [0.3, 0.4) is 0 Å². The van der Waals surface area contributed by atoms with Crippen LogP contribution >= 0.6 is 0 Å². The molecule has 0 aliphatic carbocycles. The molecule has 14 nitrogen and oxygen atoms in total. The van der Waals surface area contributed by atoms with Crippen LogP contribution in [0.1, 0.15) is 70.5 Å². The normalized spacial score (nSPS) is 17.1. The number of fused-ring (bicyclic) bond motifs is 1. The summed E-state index contributed by atoms with van der Waals surface area (Å²) in [6.07, 6.45) is 5.38. The van der Waals surface area contributed by atoms with E-state index in [0.29, 0.717) is 24.4 Å². The van der Waals surface area contributed by atoms with E-state index < -0.39 is 5.91 Å². The molecule has 0 spiro atoms. The summed E-state index contributed by atoms with van der Waals surface area (Å²) in [5.41, 5.74) is 14.9. The monoisotopic (exact) mass is 724 g/mol. The number of aromatic amines is 1. The lowest BCUT2D eigenvalue weighted by Gasteiger charge is -2.36. The molecule has 2 fully saturated rings. The molecule has 4 aromatic heterocycles. The van der Waals surface area contributed by atoms with E-state index in [9.17, 15) is 14.4 Å². The summed E-state index contributed by atoms with van der Waals surface area (Å²) in [5.74, 6) is -1.50. The van der Waals surface area contributed by atoms with Crippen molar-refractivity contribution in [2.45, 2.75) is 44.9 Å². The Kier molecular flexibility index (Phi) is 9.42. The van der Waals surface area contributed by atoms with Crippen LogP contribution in [0.15, 0.2) is 77.6 Å². The third kappa shape index (κ3) is 7.07. The first-order valence-electron chi connectivity index (χ1n) is 18.1. The molecule has 3 amide bonds. The van der Waals surface area contributed by atoms with Crippen molar-refractivity contribution in [2.24, 2.45) is 5.73 Å². The van der Waals surface area contributed by atoms with Gasteiger partial charge in [-0.05, 0) is 72.9 Å². The van der Waals surface area contributed by atoms with E-state index >= 15 is 0 Å². The van der Waals surface area contributed by atoms with Crippen LogP contribution in [-0.2, 0) is 16.0 Å². The minimum Gasteiger partial charge on any atom is -0.369 e. The summed E-state index contributed by atoms with van der Waals surface area (Å²) in [6, 6.07) is 20.9. The van der Waals surface area contributed by atoms with Gasteiger partial charge in [0.05, 0.1) is 17.5 Å². The fraction of sp³-hybridized carbons (Fsp3) is 0.300. The molecule has 0 unspecified atom stereocenters. The van der Waals surface area contributed by atoms with E-state index in [2.05, 4.69) is 81.8 Å². The molecule has 2 aliphatic rings. The number of nitrogens with two attached hydrogens (primary N) is 1. The van der Waals surface area contributed by atoms with Crippen molar-refractivity contribution < 1.29 is 18.9 Å². The Morgan fingerprint density at radius 2 is 1.76 bits per heavy atom. The largest absolute Gasteiger partial charge is 0.369 e. The van der Waals surface area contributed by atoms with Crippen LogP contribution in [0.5, 0.6) is 0 Å². The lowest BCUT2D eigenvalue weighted by molar-refractivity contribution is -0.134. The number of hydrogen-bond donors (Lipinski definition) is 3. The maximum absolute atomic E-state index is 12.2. The standard InChI is InChI=1S/C40H40N10O4/c1-23-19-26(6-10-31(23)24(2)40-45-38(36(41)52)48-54-40)35-33-20-28(22-43-37(33)47-46-35)25-4-8-30(9-5-25)50-17-15-49(16-18-50)14-13-29-7-3-27(21-42-29)32-11-12-34(51)44-39(32)53/h3-10,19-22,24,32H,11-18H2,1-2H3,(H2,41,52)(H,43,46,47)(H,44,51,53)/t24-,32+/m1/s1. The summed E-state index contributed by atoms with van der Waals surface area (Å²) < 4.78 is 5.30. The van der Waals surface area contributed by atoms with E-state index in [0.717, 1.165) is 89.3 Å². The molecule has 0 radical (unpaired) electrons. The van der Waals surface area contributed by atoms with E-state index in [-0.39, 0.29) is 29.5 Å². The number of rotatable bonds is 10. The van der Waals surface area contributed by atoms with E-state index in [4.69, 9.17) is 10.3 Å². The second kappa shape index (κ2) is 14.6. The van der Waals surface area contributed by atoms with E-state index in [1.54, 1.807) is 6.20 Å². The molecular formula is C40H40N10O4. The molecule has 0 saturated carbocycles. The number of carbonyl (C=O) groups is 3. The highest BCUT2D eigenvalue weighted by atomic mass is 16.5. The molecule has 2 saturated heterocycles. The number of aromatic nitrogens is 6. The van der Waals surface area contributed by atoms with Gasteiger partial charge in [-0.2, -0.15) is 10.1 Å². The molecule has 2 atom stereocenters. The number of nitrogens with zero attached hydrogens (tertiary/aromatic N) is 7. The Hall–Kier alpha value is -6.28. The molecule has 8 rings (SSSR count). The average molecular weight is 725 g/mol. The topological polar surface area (TPSA) is 189 Å². The maximum Gasteiger partial charge on any atom is 0.290 e. The number of piperazine rings is 1. The van der Waals surface area contributed by atoms with Crippen molar-refractivity contribution in [3.63, 3.8) is 0 Å². The fourth-order valence-electron chi connectivity index (χ4n) is 7.41. The number of anilines is 1. The number of carbonyl (C=O) groups excluding carboxylic acids is 3. The number of pyridine rings is 2. The van der Waals surface area contributed by atoms with Gasteiger partial charge >= 0.3 is 0 Å². The van der Waals surface area contributed by atoms with Gasteiger partial charge in [0, 0.05) is 85.9 Å². The van der Waals surface area contributed by atoms with Gasteiger partial charge in [0.15, 0.2) is 5.65 Å². The van der Waals surface area contributed by atoms with Gasteiger partial charge in [-0.1, -0.05) is 35.5 Å². The first kappa shape index (κ1) is 34.8. The van der Waals surface area contributed by atoms with Crippen molar-refractivity contribution in [3.05, 3.63) is 107 Å². The molecule has 2 aliphatic heterocycles. The number of hydrogen-bond acceptors (Lipinski definition) is 11. The predicted octanol–water partition coefficient (Wildman–Crippen LogP) is 4.51. The van der Waals surface area contributed by atoms with Crippen molar-refractivity contribution in [1.82, 2.24) is 40.5 Å². The van der Waals surface area contributed by atoms with E-state index in [1.165, 1.54) is 5.69 Å². The summed E-state index contributed by atoms with van der Waals surface area (Å²) in [5, 5.41) is 14.7. The summed E-state index contributed by atoms with van der Waals surface area (Å²) in [4.78, 5) is 53.4. The highest BCUT2D eigenvalue weighted by Crippen LogP contribution is 2.34. The lowest BCUT2D eigenvalue weighted by atomic mass is 9.91. The van der Waals surface area contributed by atoms with E-state index in [1.807, 2.05) is 44.3 Å². The van der Waals surface area contributed by atoms with Crippen LogP contribution in [0, 0.1) is 6.92 Å². The van der Waals surface area contributed by atoms with Gasteiger partial charge in [-0.25, -0.2) is 4.98 Å². The minimum absolute atomic E-state index is 0.133. The van der Waals surface area contributed by atoms with Crippen LogP contribution in [-0.4, -0.2) is 85.7 Å². The number of primary amides is 1. The second-order valence-electron chi connectivity index (χ2n) is 14.0. The number of nitrogens with one attached hydrogen (secondary N) is 2. The lowest BCUT2D eigenvalue weighted by Crippen LogP contribution is -2.47. The average Bonchev–Trinajstić information content (AvgIpc) is 3.86. The number of piperidine rings is 1. The van der Waals surface area contributed by atoms with Gasteiger partial charge in [-0.3, -0.25) is 34.7 Å². The Labute approximate surface area is 311 Å². The van der Waals surface area contributed by atoms with Crippen molar-refractivity contribution in [2.75, 3.05) is 37.6 Å². The Balaban J connectivity index is 0.881. The van der Waals surface area contributed by atoms with Gasteiger partial charge in [0.25, 0.3) is 11.7 Å². The molecule has 6 aromatic rings. The summed E-state index contributed by atoms with van der Waals surface area (Å²) in [7, 11) is 0. The Bertz CT molecular complexity index is 2340. The Morgan fingerprint density at radius 3 is 2.46 bits per heavy atom. The maximum atomic E-state index is 12.2. The van der Waals surface area contributed by atoms with Crippen LogP contribution < -0.4 is 16.0 Å². The third-order valence-corrected chi connectivity index (χ3v) is 10.6. The van der Waals surface area contributed by atoms with Crippen molar-refractivity contribution >= 4 is 34.4 Å². The number of aryl methyl sites for hydroxylation is 1. The first-order chi connectivity index (χ1) is 26.2. The van der Waals surface area contributed by atoms with Crippen molar-refractivity contribution in [3.8, 4) is 22.4 Å². The SMILES string of the molecule is Cc1cc(-c2[nH]nc3ncc(-c4ccc(N5CCN(CCc6ccc([C@@H]7CCC(=O)NC7=O)cn6)CC5)cc4)cc23)ccc1[C@@H](C)c1nc(C(N)=O)no1. The van der Waals surface area contributed by atoms with Gasteiger partial charge in [0.1, 0.15) is 0 Å². The zero-order valence-corrected chi connectivity index (χ0v) is 30.1. The van der Waals surface area contributed by atoms with Crippen LogP contribution in [0.25, 0.3) is 33.4 Å². The summed E-state index contributed by atoms with van der Waals surface area (Å²) in [6.45, 7) is 8.70. The smallest absolute Gasteiger partial charge is 0.290 e. The third-order valence-electron chi connectivity index (χ3n) is 10.6. The van der Waals surface area contributed by atoms with Crippen LogP contribution in [0.4, 0.5) is 5.69 Å². The highest BCUT2D eigenvalue weighted by Gasteiger charge is 2.28. The minimum atomic E-state index is -0.727. The molecule has 2 aromatic carbocycles. The fourth-order valence-corrected chi connectivity index (χ4v) is 7.41. The predicted molar refractivity (Wildman–Crippen MR) is 202 cm³/mol. The number of H-pyrrole nitrogens is 1. The number of benzene rings is 2. The molecule has 14 heteroatoms. The van der Waals surface area contributed by atoms with Gasteiger partial charge in [-0.15, -0.1) is 0 Å². The second-order valence-corrected chi connectivity index (χ2v) is 14.0. The highest BCUT2D eigenvalue weighted by molar-refractivity contribution is 6.01. The van der Waals surface area contributed by atoms with Crippen molar-refractivity contribution in [1.29, 1.82) is 0 Å². The first-order valence-corrected chi connectivity index (χ1v) is 18.1. The zero-order chi connectivity index (χ0) is 37.3. The number of imide groups is 1. The molecule has 274 valence electrons. The summed E-state index contributed by atoms with van der Waals surface area (Å²) >= 11 is 0. The molecule has 54 heavy (non-hydrogen) atoms. The molecular weight excluding hydrogens is 685 g/mol.